The highest BCUT2D eigenvalue weighted by Crippen LogP contribution is 2.55. The molecule has 0 bridgehead atoms. The van der Waals surface area contributed by atoms with E-state index in [0.717, 1.165) is 11.3 Å². The predicted octanol–water partition coefficient (Wildman–Crippen LogP) is 6.71. The van der Waals surface area contributed by atoms with Crippen LogP contribution in [0.4, 0.5) is 0 Å². The molecule has 30 heavy (non-hydrogen) atoms. The van der Waals surface area contributed by atoms with E-state index in [0.29, 0.717) is 0 Å². The Morgan fingerprint density at radius 1 is 0.533 bits per heavy atom. The van der Waals surface area contributed by atoms with Crippen molar-refractivity contribution in [2.24, 2.45) is 0 Å². The van der Waals surface area contributed by atoms with Crippen LogP contribution in [0.3, 0.4) is 0 Å². The first kappa shape index (κ1) is 20.4. The first-order valence-electron chi connectivity index (χ1n) is 11.6. The molecule has 0 amide bonds. The summed E-state index contributed by atoms with van der Waals surface area (Å²) in [6.45, 7) is 0. The van der Waals surface area contributed by atoms with Crippen molar-refractivity contribution in [3.63, 3.8) is 0 Å². The maximum absolute atomic E-state index is 2.52. The summed E-state index contributed by atoms with van der Waals surface area (Å²) in [4.78, 5) is 0. The molecule has 0 N–H and O–H groups in total. The van der Waals surface area contributed by atoms with Crippen molar-refractivity contribution < 1.29 is 0 Å². The van der Waals surface area contributed by atoms with Gasteiger partial charge in [-0.15, -0.1) is 0 Å². The smallest absolute Gasteiger partial charge is 0.0128 e. The van der Waals surface area contributed by atoms with E-state index in [4.69, 9.17) is 0 Å². The van der Waals surface area contributed by atoms with Gasteiger partial charge in [-0.1, -0.05) is 101 Å². The van der Waals surface area contributed by atoms with Gasteiger partial charge in [0.1, 0.15) is 0 Å². The fourth-order valence-corrected chi connectivity index (χ4v) is 12.4. The summed E-state index contributed by atoms with van der Waals surface area (Å²) in [5.74, 6) is 0. The third-order valence-corrected chi connectivity index (χ3v) is 13.3. The lowest BCUT2D eigenvalue weighted by atomic mass is 10.1. The minimum absolute atomic E-state index is 0.0263. The number of hydrogen-bond donors (Lipinski definition) is 0. The Kier molecular flexibility index (Phi) is 6.65. The molecule has 0 spiro atoms. The summed E-state index contributed by atoms with van der Waals surface area (Å²) in [6, 6.07) is 32.1. The molecule has 0 aliphatic carbocycles. The number of rotatable bonds is 6. The molecule has 0 radical (unpaired) electrons. The molecule has 2 fully saturated rings. The van der Waals surface area contributed by atoms with Gasteiger partial charge in [-0.05, 0) is 83.9 Å². The van der Waals surface area contributed by atoms with Gasteiger partial charge in [-0.2, -0.15) is 0 Å². The molecule has 3 aromatic rings. The van der Waals surface area contributed by atoms with E-state index in [-0.39, 0.29) is 15.8 Å². The molecule has 2 aliphatic rings. The van der Waals surface area contributed by atoms with Gasteiger partial charge in [-0.3, -0.25) is 0 Å². The molecule has 154 valence electrons. The molecule has 2 saturated heterocycles. The fourth-order valence-electron chi connectivity index (χ4n) is 5.45. The molecule has 0 aromatic heterocycles. The lowest BCUT2D eigenvalue weighted by Crippen LogP contribution is -2.28. The Bertz CT molecular complexity index is 859. The molecular formula is C28H32P2. The SMILES string of the molecule is c1ccc(C[C@H]2CCCP2c2ccccc2P2CCC[C@@H]2Cc2ccccc2)cc1. The Balaban J connectivity index is 1.39. The average Bonchev–Trinajstić information content (AvgIpc) is 3.45. The highest BCUT2D eigenvalue weighted by Gasteiger charge is 2.34. The van der Waals surface area contributed by atoms with Crippen LogP contribution in [0.25, 0.3) is 0 Å². The lowest BCUT2D eigenvalue weighted by Gasteiger charge is -2.28. The van der Waals surface area contributed by atoms with E-state index in [2.05, 4.69) is 84.9 Å². The Morgan fingerprint density at radius 3 is 1.37 bits per heavy atom. The summed E-state index contributed by atoms with van der Waals surface area (Å²) >= 11 is 0. The molecule has 5 rings (SSSR count). The van der Waals surface area contributed by atoms with Crippen molar-refractivity contribution in [2.75, 3.05) is 12.3 Å². The minimum atomic E-state index is -0.0263. The third-order valence-electron chi connectivity index (χ3n) is 6.88. The molecule has 0 nitrogen and oxygen atoms in total. The van der Waals surface area contributed by atoms with E-state index in [1.165, 1.54) is 62.0 Å². The van der Waals surface area contributed by atoms with Crippen molar-refractivity contribution in [2.45, 2.75) is 49.8 Å². The second-order valence-electron chi connectivity index (χ2n) is 8.85. The molecule has 2 heterocycles. The normalized spacial score (nSPS) is 26.1. The van der Waals surface area contributed by atoms with Gasteiger partial charge >= 0.3 is 0 Å². The first-order valence-corrected chi connectivity index (χ1v) is 14.8. The van der Waals surface area contributed by atoms with Crippen LogP contribution in [-0.4, -0.2) is 23.6 Å². The summed E-state index contributed by atoms with van der Waals surface area (Å²) < 4.78 is 0. The maximum atomic E-state index is 2.52. The van der Waals surface area contributed by atoms with Crippen molar-refractivity contribution in [3.05, 3.63) is 96.1 Å². The van der Waals surface area contributed by atoms with Crippen molar-refractivity contribution in [3.8, 4) is 0 Å². The monoisotopic (exact) mass is 430 g/mol. The molecule has 2 aliphatic heterocycles. The molecule has 4 atom stereocenters. The predicted molar refractivity (Wildman–Crippen MR) is 136 cm³/mol. The van der Waals surface area contributed by atoms with Gasteiger partial charge in [-0.25, -0.2) is 0 Å². The summed E-state index contributed by atoms with van der Waals surface area (Å²) in [7, 11) is -0.0527. The highest BCUT2D eigenvalue weighted by molar-refractivity contribution is 7.73. The molecule has 2 heteroatoms. The van der Waals surface area contributed by atoms with E-state index in [1.54, 1.807) is 10.6 Å². The standard InChI is InChI=1S/C28H32P2/c1-3-11-23(12-4-1)21-25-15-9-19-29(25)27-17-7-8-18-28(27)30-20-10-16-26(30)22-24-13-5-2-6-14-24/h1-8,11-14,17-18,25-26H,9-10,15-16,19-22H2/t25-,26-,29?,30?/m1/s1. The molecule has 2 unspecified atom stereocenters. The second kappa shape index (κ2) is 9.77. The van der Waals surface area contributed by atoms with Crippen LogP contribution >= 0.6 is 15.8 Å². The van der Waals surface area contributed by atoms with Crippen molar-refractivity contribution >= 4 is 26.5 Å². The van der Waals surface area contributed by atoms with Crippen molar-refractivity contribution in [1.29, 1.82) is 0 Å². The Labute approximate surface area is 184 Å². The molecule has 0 saturated carbocycles. The Hall–Kier alpha value is -1.48. The zero-order valence-electron chi connectivity index (χ0n) is 17.8. The van der Waals surface area contributed by atoms with Gasteiger partial charge in [0.2, 0.25) is 0 Å². The maximum Gasteiger partial charge on any atom is -0.0128 e. The topological polar surface area (TPSA) is 0 Å². The van der Waals surface area contributed by atoms with Gasteiger partial charge < -0.3 is 0 Å². The lowest BCUT2D eigenvalue weighted by molar-refractivity contribution is 0.774. The van der Waals surface area contributed by atoms with Crippen LogP contribution < -0.4 is 10.6 Å². The zero-order chi connectivity index (χ0) is 20.2. The van der Waals surface area contributed by atoms with Crippen LogP contribution in [-0.2, 0) is 12.8 Å². The van der Waals surface area contributed by atoms with Gasteiger partial charge in [0.25, 0.3) is 0 Å². The quantitative estimate of drug-likeness (QED) is 0.381. The zero-order valence-corrected chi connectivity index (χ0v) is 19.6. The summed E-state index contributed by atoms with van der Waals surface area (Å²) in [6.07, 6.45) is 11.1. The van der Waals surface area contributed by atoms with E-state index in [9.17, 15) is 0 Å². The minimum Gasteiger partial charge on any atom is -0.0711 e. The van der Waals surface area contributed by atoms with Crippen LogP contribution in [0, 0.1) is 0 Å². The van der Waals surface area contributed by atoms with Crippen LogP contribution in [0.2, 0.25) is 0 Å². The first-order chi connectivity index (χ1) is 14.9. The number of benzene rings is 3. The molecule has 3 aromatic carbocycles. The number of hydrogen-bond acceptors (Lipinski definition) is 0. The van der Waals surface area contributed by atoms with Crippen LogP contribution in [0.15, 0.2) is 84.9 Å². The average molecular weight is 431 g/mol. The Morgan fingerprint density at radius 2 is 0.933 bits per heavy atom. The van der Waals surface area contributed by atoms with Gasteiger partial charge in [0, 0.05) is 0 Å². The fraction of sp³-hybridized carbons (Fsp3) is 0.357. The van der Waals surface area contributed by atoms with E-state index >= 15 is 0 Å². The van der Waals surface area contributed by atoms with E-state index < -0.39 is 0 Å². The second-order valence-corrected chi connectivity index (χ2v) is 14.0. The summed E-state index contributed by atoms with van der Waals surface area (Å²) in [5.41, 5.74) is 4.80. The van der Waals surface area contributed by atoms with Gasteiger partial charge in [0.15, 0.2) is 0 Å². The van der Waals surface area contributed by atoms with Gasteiger partial charge in [0.05, 0.1) is 0 Å². The summed E-state index contributed by atoms with van der Waals surface area (Å²) in [5, 5.41) is 3.55. The third kappa shape index (κ3) is 4.56. The molecular weight excluding hydrogens is 398 g/mol. The van der Waals surface area contributed by atoms with E-state index in [1.807, 2.05) is 0 Å². The highest BCUT2D eigenvalue weighted by atomic mass is 31.1. The largest absolute Gasteiger partial charge is 0.0711 e. The van der Waals surface area contributed by atoms with Crippen LogP contribution in [0.5, 0.6) is 0 Å². The van der Waals surface area contributed by atoms with Crippen molar-refractivity contribution in [1.82, 2.24) is 0 Å². The van der Waals surface area contributed by atoms with Crippen LogP contribution in [0.1, 0.15) is 36.8 Å².